The highest BCUT2D eigenvalue weighted by molar-refractivity contribution is 7.18. The number of aliphatic hydroxyl groups is 1. The normalized spacial score (nSPS) is 22.1. The Hall–Kier alpha value is -2.05. The molecule has 3 rings (SSSR count). The van der Waals surface area contributed by atoms with Gasteiger partial charge in [0.25, 0.3) is 0 Å². The fourth-order valence-corrected chi connectivity index (χ4v) is 2.96. The SMILES string of the molecule is COC1=CC(O)(c2nc3cc(F)ccc3s2)C=CC1=O. The molecule has 4 nitrogen and oxygen atoms in total. The quantitative estimate of drug-likeness (QED) is 0.922. The number of hydrogen-bond acceptors (Lipinski definition) is 5. The largest absolute Gasteiger partial charge is 0.493 e. The van der Waals surface area contributed by atoms with Crippen molar-refractivity contribution in [3.05, 3.63) is 53.0 Å². The number of allylic oxidation sites excluding steroid dienone is 1. The number of fused-ring (bicyclic) bond motifs is 1. The number of carbonyl (C=O) groups is 1. The number of carbonyl (C=O) groups excluding carboxylic acids is 1. The number of rotatable bonds is 2. The van der Waals surface area contributed by atoms with Crippen molar-refractivity contribution in [1.82, 2.24) is 4.98 Å². The lowest BCUT2D eigenvalue weighted by atomic mass is 9.97. The third-order valence-corrected chi connectivity index (χ3v) is 4.17. The Bertz CT molecular complexity index is 765. The Morgan fingerprint density at radius 2 is 2.25 bits per heavy atom. The smallest absolute Gasteiger partial charge is 0.219 e. The van der Waals surface area contributed by atoms with E-state index in [2.05, 4.69) is 4.98 Å². The highest BCUT2D eigenvalue weighted by atomic mass is 32.1. The van der Waals surface area contributed by atoms with Crippen LogP contribution in [0.25, 0.3) is 10.2 Å². The van der Waals surface area contributed by atoms with Crippen molar-refractivity contribution >= 4 is 27.3 Å². The predicted molar refractivity (Wildman–Crippen MR) is 72.7 cm³/mol. The molecule has 1 aromatic carbocycles. The van der Waals surface area contributed by atoms with Crippen LogP contribution in [0.5, 0.6) is 0 Å². The van der Waals surface area contributed by atoms with Gasteiger partial charge in [0.05, 0.1) is 17.3 Å². The van der Waals surface area contributed by atoms with Gasteiger partial charge in [-0.1, -0.05) is 0 Å². The van der Waals surface area contributed by atoms with Crippen LogP contribution in [-0.4, -0.2) is 23.0 Å². The summed E-state index contributed by atoms with van der Waals surface area (Å²) in [6, 6.07) is 4.25. The van der Waals surface area contributed by atoms with Crippen molar-refractivity contribution < 1.29 is 19.0 Å². The van der Waals surface area contributed by atoms with Crippen molar-refractivity contribution in [3.63, 3.8) is 0 Å². The summed E-state index contributed by atoms with van der Waals surface area (Å²) in [5.74, 6) is -0.645. The van der Waals surface area contributed by atoms with Crippen LogP contribution in [0.2, 0.25) is 0 Å². The van der Waals surface area contributed by atoms with Gasteiger partial charge in [-0.15, -0.1) is 11.3 Å². The van der Waals surface area contributed by atoms with E-state index in [9.17, 15) is 14.3 Å². The third kappa shape index (κ3) is 2.03. The molecular formula is C14H10FNO3S. The molecule has 0 aliphatic heterocycles. The standard InChI is InChI=1S/C14H10FNO3S/c1-19-11-7-14(18,5-4-10(11)17)13-16-9-6-8(15)2-3-12(9)20-13/h2-7,18H,1H3. The molecule has 0 fully saturated rings. The first-order valence-corrected chi connectivity index (χ1v) is 6.63. The van der Waals surface area contributed by atoms with E-state index in [1.165, 1.54) is 48.8 Å². The molecule has 102 valence electrons. The Labute approximate surface area is 117 Å². The van der Waals surface area contributed by atoms with Gasteiger partial charge in [-0.2, -0.15) is 0 Å². The molecule has 0 saturated carbocycles. The molecule has 2 aromatic rings. The minimum atomic E-state index is -1.51. The number of hydrogen-bond donors (Lipinski definition) is 1. The molecule has 0 spiro atoms. The van der Waals surface area contributed by atoms with Gasteiger partial charge in [-0.3, -0.25) is 4.79 Å². The van der Waals surface area contributed by atoms with Crippen LogP contribution in [0.4, 0.5) is 4.39 Å². The molecule has 1 atom stereocenters. The second-order valence-electron chi connectivity index (χ2n) is 4.37. The van der Waals surface area contributed by atoms with Crippen molar-refractivity contribution in [2.45, 2.75) is 5.60 Å². The molecule has 0 saturated heterocycles. The Morgan fingerprint density at radius 1 is 1.45 bits per heavy atom. The van der Waals surface area contributed by atoms with Crippen LogP contribution in [0.15, 0.2) is 42.2 Å². The second-order valence-corrected chi connectivity index (χ2v) is 5.40. The van der Waals surface area contributed by atoms with Gasteiger partial charge in [0, 0.05) is 12.1 Å². The summed E-state index contributed by atoms with van der Waals surface area (Å²) < 4.78 is 18.9. The van der Waals surface area contributed by atoms with E-state index in [0.717, 1.165) is 4.70 Å². The summed E-state index contributed by atoms with van der Waals surface area (Å²) in [6.07, 6.45) is 3.90. The molecule has 1 aromatic heterocycles. The van der Waals surface area contributed by atoms with Gasteiger partial charge in [-0.05, 0) is 24.3 Å². The summed E-state index contributed by atoms with van der Waals surface area (Å²) in [7, 11) is 1.36. The maximum Gasteiger partial charge on any atom is 0.219 e. The summed E-state index contributed by atoms with van der Waals surface area (Å²) in [4.78, 5) is 15.7. The average molecular weight is 291 g/mol. The van der Waals surface area contributed by atoms with Crippen molar-refractivity contribution in [2.75, 3.05) is 7.11 Å². The molecule has 1 heterocycles. The van der Waals surface area contributed by atoms with Crippen LogP contribution in [0, 0.1) is 5.82 Å². The molecule has 0 radical (unpaired) electrons. The van der Waals surface area contributed by atoms with E-state index in [1.807, 2.05) is 0 Å². The van der Waals surface area contributed by atoms with Gasteiger partial charge in [0.1, 0.15) is 10.8 Å². The first kappa shape index (κ1) is 13.0. The Kier molecular flexibility index (Phi) is 2.92. The van der Waals surface area contributed by atoms with E-state index in [4.69, 9.17) is 4.74 Å². The number of nitrogens with zero attached hydrogens (tertiary/aromatic N) is 1. The minimum Gasteiger partial charge on any atom is -0.493 e. The van der Waals surface area contributed by atoms with Crippen LogP contribution >= 0.6 is 11.3 Å². The number of thiazole rings is 1. The zero-order valence-corrected chi connectivity index (χ0v) is 11.3. The lowest BCUT2D eigenvalue weighted by Gasteiger charge is -2.21. The first-order chi connectivity index (χ1) is 9.51. The second kappa shape index (κ2) is 4.50. The summed E-state index contributed by atoms with van der Waals surface area (Å²) in [5, 5.41) is 10.9. The number of aromatic nitrogens is 1. The molecule has 1 N–H and O–H groups in total. The van der Waals surface area contributed by atoms with E-state index < -0.39 is 5.60 Å². The fraction of sp³-hybridized carbons (Fsp3) is 0.143. The Balaban J connectivity index is 2.12. The van der Waals surface area contributed by atoms with Gasteiger partial charge < -0.3 is 9.84 Å². The minimum absolute atomic E-state index is 0.0560. The third-order valence-electron chi connectivity index (χ3n) is 2.99. The highest BCUT2D eigenvalue weighted by Gasteiger charge is 2.33. The first-order valence-electron chi connectivity index (χ1n) is 5.81. The van der Waals surface area contributed by atoms with Gasteiger partial charge in [0.15, 0.2) is 11.4 Å². The molecule has 0 bridgehead atoms. The highest BCUT2D eigenvalue weighted by Crippen LogP contribution is 2.35. The number of ketones is 1. The summed E-state index contributed by atoms with van der Waals surface area (Å²) in [5.41, 5.74) is -1.05. The maximum absolute atomic E-state index is 13.2. The number of ether oxygens (including phenoxy) is 1. The Morgan fingerprint density at radius 3 is 3.00 bits per heavy atom. The lowest BCUT2D eigenvalue weighted by Crippen LogP contribution is -2.25. The molecule has 1 aliphatic carbocycles. The number of halogens is 1. The zero-order chi connectivity index (χ0) is 14.3. The molecule has 1 aliphatic rings. The van der Waals surface area contributed by atoms with Crippen molar-refractivity contribution in [2.24, 2.45) is 0 Å². The number of benzene rings is 1. The molecular weight excluding hydrogens is 281 g/mol. The molecule has 20 heavy (non-hydrogen) atoms. The van der Waals surface area contributed by atoms with E-state index in [1.54, 1.807) is 6.07 Å². The van der Waals surface area contributed by atoms with Crippen LogP contribution in [-0.2, 0) is 15.1 Å². The fourth-order valence-electron chi connectivity index (χ4n) is 1.97. The van der Waals surface area contributed by atoms with Crippen LogP contribution in [0.3, 0.4) is 0 Å². The number of methoxy groups -OCH3 is 1. The topological polar surface area (TPSA) is 59.4 Å². The average Bonchev–Trinajstić information content (AvgIpc) is 2.85. The predicted octanol–water partition coefficient (Wildman–Crippen LogP) is 2.29. The van der Waals surface area contributed by atoms with E-state index >= 15 is 0 Å². The van der Waals surface area contributed by atoms with Gasteiger partial charge in [0.2, 0.25) is 5.78 Å². The summed E-state index contributed by atoms with van der Waals surface area (Å²) in [6.45, 7) is 0. The van der Waals surface area contributed by atoms with E-state index in [0.29, 0.717) is 10.5 Å². The van der Waals surface area contributed by atoms with Crippen LogP contribution < -0.4 is 0 Å². The van der Waals surface area contributed by atoms with Gasteiger partial charge >= 0.3 is 0 Å². The zero-order valence-electron chi connectivity index (χ0n) is 10.5. The van der Waals surface area contributed by atoms with Gasteiger partial charge in [-0.25, -0.2) is 9.37 Å². The molecule has 0 amide bonds. The van der Waals surface area contributed by atoms with Crippen molar-refractivity contribution in [1.29, 1.82) is 0 Å². The molecule has 6 heteroatoms. The van der Waals surface area contributed by atoms with Crippen LogP contribution in [0.1, 0.15) is 5.01 Å². The molecule has 1 unspecified atom stereocenters. The monoisotopic (exact) mass is 291 g/mol. The van der Waals surface area contributed by atoms with Crippen molar-refractivity contribution in [3.8, 4) is 0 Å². The maximum atomic E-state index is 13.2. The lowest BCUT2D eigenvalue weighted by molar-refractivity contribution is -0.114. The summed E-state index contributed by atoms with van der Waals surface area (Å²) >= 11 is 1.23. The van der Waals surface area contributed by atoms with E-state index in [-0.39, 0.29) is 17.4 Å².